The van der Waals surface area contributed by atoms with Crippen LogP contribution in [0.4, 0.5) is 0 Å². The van der Waals surface area contributed by atoms with E-state index in [1.807, 2.05) is 31.2 Å². The maximum Gasteiger partial charge on any atom is 0.257 e. The lowest BCUT2D eigenvalue weighted by atomic mass is 9.87. The average molecular weight is 357 g/mol. The molecular formula is C22H32N2O2. The molecule has 4 heteroatoms. The van der Waals surface area contributed by atoms with Crippen LogP contribution in [0.2, 0.25) is 0 Å². The number of benzene rings is 1. The molecule has 0 aromatic heterocycles. The van der Waals surface area contributed by atoms with Crippen LogP contribution in [0.5, 0.6) is 0 Å². The van der Waals surface area contributed by atoms with Crippen LogP contribution in [-0.2, 0) is 4.84 Å². The standard InChI is InChI=1S/C22H32N2O2/c1-4-6-16-23-26-22(19-13-8-7-9-14-19)24(17-5-2)21(25)20-15-11-10-12-18(20)3/h2,10-12,15,19,22-23H,4,6-9,13-14,16-17H2,1,3H3. The third-order valence-electron chi connectivity index (χ3n) is 5.09. The van der Waals surface area contributed by atoms with Crippen molar-refractivity contribution in [2.24, 2.45) is 5.92 Å². The molecule has 1 fully saturated rings. The first kappa shape index (κ1) is 20.5. The zero-order chi connectivity index (χ0) is 18.8. The quantitative estimate of drug-likeness (QED) is 0.310. The SMILES string of the molecule is C#CCN(C(=O)c1ccccc1C)C(ONCCCC)C1CCCCC1. The molecule has 0 heterocycles. The zero-order valence-corrected chi connectivity index (χ0v) is 16.2. The van der Waals surface area contributed by atoms with E-state index >= 15 is 0 Å². The van der Waals surface area contributed by atoms with E-state index < -0.39 is 0 Å². The van der Waals surface area contributed by atoms with E-state index in [1.165, 1.54) is 19.3 Å². The van der Waals surface area contributed by atoms with Crippen LogP contribution in [0.1, 0.15) is 67.8 Å². The third kappa shape index (κ3) is 5.59. The number of hydrogen-bond donors (Lipinski definition) is 1. The number of terminal acetylenes is 1. The molecule has 0 aliphatic heterocycles. The number of hydrogen-bond acceptors (Lipinski definition) is 3. The van der Waals surface area contributed by atoms with E-state index in [1.54, 1.807) is 4.90 Å². The van der Waals surface area contributed by atoms with E-state index in [4.69, 9.17) is 11.3 Å². The minimum absolute atomic E-state index is 0.0473. The van der Waals surface area contributed by atoms with E-state index in [0.29, 0.717) is 11.5 Å². The van der Waals surface area contributed by atoms with Gasteiger partial charge in [-0.1, -0.05) is 56.7 Å². The molecule has 0 spiro atoms. The van der Waals surface area contributed by atoms with Gasteiger partial charge in [-0.15, -0.1) is 6.42 Å². The number of nitrogens with one attached hydrogen (secondary N) is 1. The van der Waals surface area contributed by atoms with Crippen molar-refractivity contribution in [2.75, 3.05) is 13.1 Å². The summed E-state index contributed by atoms with van der Waals surface area (Å²) in [5.41, 5.74) is 4.74. The van der Waals surface area contributed by atoms with Crippen molar-refractivity contribution in [2.45, 2.75) is 65.0 Å². The maximum atomic E-state index is 13.3. The molecular weight excluding hydrogens is 324 g/mol. The molecule has 1 aromatic rings. The van der Waals surface area contributed by atoms with E-state index in [2.05, 4.69) is 18.3 Å². The topological polar surface area (TPSA) is 41.6 Å². The molecule has 1 atom stereocenters. The summed E-state index contributed by atoms with van der Waals surface area (Å²) in [6.07, 6.45) is 13.2. The summed E-state index contributed by atoms with van der Waals surface area (Å²) < 4.78 is 0. The number of rotatable bonds is 9. The Morgan fingerprint density at radius 1 is 1.35 bits per heavy atom. The van der Waals surface area contributed by atoms with E-state index in [9.17, 15) is 4.79 Å². The summed E-state index contributed by atoms with van der Waals surface area (Å²) in [6, 6.07) is 7.66. The van der Waals surface area contributed by atoms with E-state index in [-0.39, 0.29) is 18.7 Å². The fourth-order valence-electron chi connectivity index (χ4n) is 3.57. The van der Waals surface area contributed by atoms with E-state index in [0.717, 1.165) is 37.8 Å². The molecule has 0 saturated heterocycles. The first-order valence-corrected chi connectivity index (χ1v) is 9.87. The van der Waals surface area contributed by atoms with Gasteiger partial charge in [0.15, 0.2) is 6.23 Å². The van der Waals surface area contributed by atoms with Gasteiger partial charge < -0.3 is 0 Å². The van der Waals surface area contributed by atoms with Gasteiger partial charge in [-0.05, 0) is 37.8 Å². The lowest BCUT2D eigenvalue weighted by Gasteiger charge is -2.37. The number of carbonyl (C=O) groups is 1. The number of unbranched alkanes of at least 4 members (excludes halogenated alkanes) is 1. The highest BCUT2D eigenvalue weighted by Crippen LogP contribution is 2.30. The van der Waals surface area contributed by atoms with Crippen molar-refractivity contribution in [3.8, 4) is 12.3 Å². The van der Waals surface area contributed by atoms with Crippen molar-refractivity contribution in [3.63, 3.8) is 0 Å². The lowest BCUT2D eigenvalue weighted by molar-refractivity contribution is -0.127. The number of aryl methyl sites for hydroxylation is 1. The second-order valence-corrected chi connectivity index (χ2v) is 7.11. The number of nitrogens with zero attached hydrogens (tertiary/aromatic N) is 1. The molecule has 26 heavy (non-hydrogen) atoms. The first-order valence-electron chi connectivity index (χ1n) is 9.87. The molecule has 1 unspecified atom stereocenters. The Morgan fingerprint density at radius 2 is 2.08 bits per heavy atom. The molecule has 1 saturated carbocycles. The monoisotopic (exact) mass is 356 g/mol. The molecule has 1 aromatic carbocycles. The van der Waals surface area contributed by atoms with Gasteiger partial charge in [0.2, 0.25) is 0 Å². The van der Waals surface area contributed by atoms with Crippen LogP contribution >= 0.6 is 0 Å². The minimum Gasteiger partial charge on any atom is -0.299 e. The summed E-state index contributed by atoms with van der Waals surface area (Å²) in [4.78, 5) is 21.0. The van der Waals surface area contributed by atoms with Gasteiger partial charge in [0, 0.05) is 18.0 Å². The Bertz CT molecular complexity index is 602. The van der Waals surface area contributed by atoms with Crippen molar-refractivity contribution in [1.82, 2.24) is 10.4 Å². The molecule has 1 N–H and O–H groups in total. The van der Waals surface area contributed by atoms with Gasteiger partial charge in [-0.25, -0.2) is 5.48 Å². The van der Waals surface area contributed by atoms with Crippen molar-refractivity contribution < 1.29 is 9.63 Å². The fourth-order valence-corrected chi connectivity index (χ4v) is 3.57. The largest absolute Gasteiger partial charge is 0.299 e. The van der Waals surface area contributed by atoms with Gasteiger partial charge in [0.25, 0.3) is 5.91 Å². The predicted molar refractivity (Wildman–Crippen MR) is 105 cm³/mol. The second kappa shape index (κ2) is 11.0. The zero-order valence-electron chi connectivity index (χ0n) is 16.2. The maximum absolute atomic E-state index is 13.3. The van der Waals surface area contributed by atoms with Crippen LogP contribution in [-0.4, -0.2) is 30.1 Å². The van der Waals surface area contributed by atoms with Gasteiger partial charge in [0.05, 0.1) is 6.54 Å². The lowest BCUT2D eigenvalue weighted by Crippen LogP contribution is -2.49. The second-order valence-electron chi connectivity index (χ2n) is 7.11. The summed E-state index contributed by atoms with van der Waals surface area (Å²) in [6.45, 7) is 5.13. The van der Waals surface area contributed by atoms with Gasteiger partial charge in [0.1, 0.15) is 0 Å². The molecule has 1 amide bonds. The van der Waals surface area contributed by atoms with Crippen molar-refractivity contribution in [1.29, 1.82) is 0 Å². The third-order valence-corrected chi connectivity index (χ3v) is 5.09. The minimum atomic E-state index is -0.324. The van der Waals surface area contributed by atoms with Gasteiger partial charge >= 0.3 is 0 Å². The van der Waals surface area contributed by atoms with Gasteiger partial charge in [-0.2, -0.15) is 0 Å². The summed E-state index contributed by atoms with van der Waals surface area (Å²) >= 11 is 0. The normalized spacial score (nSPS) is 16.0. The Balaban J connectivity index is 2.21. The van der Waals surface area contributed by atoms with Crippen LogP contribution in [0.15, 0.2) is 24.3 Å². The Morgan fingerprint density at radius 3 is 2.73 bits per heavy atom. The number of amides is 1. The summed E-state index contributed by atoms with van der Waals surface area (Å²) in [5, 5.41) is 0. The van der Waals surface area contributed by atoms with Crippen molar-refractivity contribution >= 4 is 5.91 Å². The molecule has 142 valence electrons. The van der Waals surface area contributed by atoms with Crippen LogP contribution in [0, 0.1) is 25.2 Å². The molecule has 4 nitrogen and oxygen atoms in total. The van der Waals surface area contributed by atoms with Crippen LogP contribution in [0.3, 0.4) is 0 Å². The number of carbonyl (C=O) groups excluding carboxylic acids is 1. The summed E-state index contributed by atoms with van der Waals surface area (Å²) in [5.74, 6) is 2.93. The highest BCUT2D eigenvalue weighted by molar-refractivity contribution is 5.95. The number of hydroxylamine groups is 1. The van der Waals surface area contributed by atoms with Crippen LogP contribution < -0.4 is 5.48 Å². The Kier molecular flexibility index (Phi) is 8.67. The summed E-state index contributed by atoms with van der Waals surface area (Å²) in [7, 11) is 0. The molecule has 1 aliphatic carbocycles. The smallest absolute Gasteiger partial charge is 0.257 e. The molecule has 2 rings (SSSR count). The van der Waals surface area contributed by atoms with Crippen LogP contribution in [0.25, 0.3) is 0 Å². The highest BCUT2D eigenvalue weighted by Gasteiger charge is 2.33. The molecule has 0 radical (unpaired) electrons. The Labute approximate surface area is 158 Å². The molecule has 0 bridgehead atoms. The highest BCUT2D eigenvalue weighted by atomic mass is 16.7. The predicted octanol–water partition coefficient (Wildman–Crippen LogP) is 4.30. The average Bonchev–Trinajstić information content (AvgIpc) is 2.67. The molecule has 1 aliphatic rings. The first-order chi connectivity index (χ1) is 12.7. The fraction of sp³-hybridized carbons (Fsp3) is 0.591. The Hall–Kier alpha value is -1.83. The van der Waals surface area contributed by atoms with Gasteiger partial charge in [-0.3, -0.25) is 14.5 Å². The van der Waals surface area contributed by atoms with Crippen molar-refractivity contribution in [3.05, 3.63) is 35.4 Å².